The van der Waals surface area contributed by atoms with E-state index in [9.17, 15) is 0 Å². The van der Waals surface area contributed by atoms with Crippen LogP contribution in [-0.4, -0.2) is 4.98 Å². The van der Waals surface area contributed by atoms with E-state index in [4.69, 9.17) is 17.3 Å². The number of fused-ring (bicyclic) bond motifs is 1. The number of anilines is 3. The third-order valence-electron chi connectivity index (χ3n) is 2.86. The Hall–Kier alpha value is -1.30. The molecule has 3 N–H and O–H groups in total. The van der Waals surface area contributed by atoms with Crippen LogP contribution < -0.4 is 11.1 Å². The number of nitrogens with two attached hydrogens (primary N) is 1. The van der Waals surface area contributed by atoms with Crippen LogP contribution in [0.25, 0.3) is 10.2 Å². The van der Waals surface area contributed by atoms with Gasteiger partial charge in [-0.25, -0.2) is 4.98 Å². The lowest BCUT2D eigenvalue weighted by atomic mass is 10.2. The summed E-state index contributed by atoms with van der Waals surface area (Å²) in [6.07, 6.45) is 0. The van der Waals surface area contributed by atoms with Crippen molar-refractivity contribution in [1.82, 2.24) is 4.98 Å². The molecule has 0 radical (unpaired) electrons. The summed E-state index contributed by atoms with van der Waals surface area (Å²) in [6, 6.07) is 9.48. The predicted octanol–water partition coefficient (Wildman–Crippen LogP) is 5.35. The van der Waals surface area contributed by atoms with Gasteiger partial charge in [0.05, 0.1) is 32.3 Å². The van der Waals surface area contributed by atoms with E-state index in [0.717, 1.165) is 31.1 Å². The molecule has 0 fully saturated rings. The average Bonchev–Trinajstić information content (AvgIpc) is 2.73. The molecule has 0 spiro atoms. The third-order valence-corrected chi connectivity index (χ3v) is 4.72. The van der Waals surface area contributed by atoms with Crippen molar-refractivity contribution in [1.29, 1.82) is 0 Å². The van der Waals surface area contributed by atoms with Crippen LogP contribution in [0, 0.1) is 6.92 Å². The van der Waals surface area contributed by atoms with Crippen LogP contribution in [0.2, 0.25) is 5.02 Å². The lowest BCUT2D eigenvalue weighted by molar-refractivity contribution is 1.35. The standard InChI is InChI=1S/C14H11BrClN3S/c1-7-18-13-6-12(10(17)5-14(13)20-7)19-11-4-8(16)2-3-9(11)15/h2-6,19H,17H2,1H3. The second kappa shape index (κ2) is 5.24. The minimum Gasteiger partial charge on any atom is -0.397 e. The van der Waals surface area contributed by atoms with Crippen molar-refractivity contribution in [2.45, 2.75) is 6.92 Å². The molecule has 6 heteroatoms. The molecular formula is C14H11BrClN3S. The Morgan fingerprint density at radius 1 is 1.25 bits per heavy atom. The van der Waals surface area contributed by atoms with Gasteiger partial charge in [0.15, 0.2) is 0 Å². The van der Waals surface area contributed by atoms with Crippen molar-refractivity contribution in [3.63, 3.8) is 0 Å². The Morgan fingerprint density at radius 3 is 2.85 bits per heavy atom. The maximum Gasteiger partial charge on any atom is 0.0907 e. The van der Waals surface area contributed by atoms with Crippen LogP contribution >= 0.6 is 38.9 Å². The number of rotatable bonds is 2. The minimum absolute atomic E-state index is 0.667. The molecule has 0 aliphatic heterocycles. The van der Waals surface area contributed by atoms with Crippen LogP contribution in [0.1, 0.15) is 5.01 Å². The molecule has 2 aromatic carbocycles. The van der Waals surface area contributed by atoms with Gasteiger partial charge in [-0.05, 0) is 53.2 Å². The van der Waals surface area contributed by atoms with E-state index in [2.05, 4.69) is 26.2 Å². The zero-order valence-electron chi connectivity index (χ0n) is 10.6. The van der Waals surface area contributed by atoms with Crippen LogP contribution in [-0.2, 0) is 0 Å². The minimum atomic E-state index is 0.667. The lowest BCUT2D eigenvalue weighted by Gasteiger charge is -2.11. The molecule has 0 aliphatic carbocycles. The van der Waals surface area contributed by atoms with E-state index < -0.39 is 0 Å². The number of benzene rings is 2. The Kier molecular flexibility index (Phi) is 3.58. The van der Waals surface area contributed by atoms with Gasteiger partial charge in [-0.15, -0.1) is 11.3 Å². The third kappa shape index (κ3) is 2.61. The molecule has 0 aliphatic rings. The topological polar surface area (TPSA) is 50.9 Å². The molecule has 102 valence electrons. The van der Waals surface area contributed by atoms with Crippen LogP contribution in [0.15, 0.2) is 34.8 Å². The summed E-state index contributed by atoms with van der Waals surface area (Å²) in [7, 11) is 0. The first-order chi connectivity index (χ1) is 9.52. The van der Waals surface area contributed by atoms with Crippen LogP contribution in [0.3, 0.4) is 0 Å². The van der Waals surface area contributed by atoms with Crippen molar-refractivity contribution in [3.8, 4) is 0 Å². The van der Waals surface area contributed by atoms with E-state index in [0.29, 0.717) is 10.7 Å². The van der Waals surface area contributed by atoms with Gasteiger partial charge in [-0.3, -0.25) is 0 Å². The average molecular weight is 369 g/mol. The summed E-state index contributed by atoms with van der Waals surface area (Å²) < 4.78 is 2.02. The monoisotopic (exact) mass is 367 g/mol. The molecule has 3 rings (SSSR count). The van der Waals surface area contributed by atoms with Crippen LogP contribution in [0.4, 0.5) is 17.1 Å². The van der Waals surface area contributed by atoms with E-state index in [1.165, 1.54) is 0 Å². The highest BCUT2D eigenvalue weighted by atomic mass is 79.9. The first-order valence-corrected chi connectivity index (χ1v) is 7.90. The van der Waals surface area contributed by atoms with Crippen LogP contribution in [0.5, 0.6) is 0 Å². The molecule has 0 saturated heterocycles. The van der Waals surface area contributed by atoms with Gasteiger partial charge in [-0.2, -0.15) is 0 Å². The van der Waals surface area contributed by atoms with Crippen molar-refractivity contribution >= 4 is 66.1 Å². The molecule has 1 heterocycles. The van der Waals surface area contributed by atoms with Gasteiger partial charge in [0.25, 0.3) is 0 Å². The van der Waals surface area contributed by atoms with Gasteiger partial charge < -0.3 is 11.1 Å². The Morgan fingerprint density at radius 2 is 2.05 bits per heavy atom. The number of nitrogen functional groups attached to an aromatic ring is 1. The highest BCUT2D eigenvalue weighted by Gasteiger charge is 2.08. The maximum absolute atomic E-state index is 6.10. The highest BCUT2D eigenvalue weighted by molar-refractivity contribution is 9.10. The van der Waals surface area contributed by atoms with Crippen molar-refractivity contribution in [3.05, 3.63) is 44.8 Å². The zero-order valence-corrected chi connectivity index (χ0v) is 13.7. The first kappa shape index (κ1) is 13.7. The van der Waals surface area contributed by atoms with Crippen molar-refractivity contribution < 1.29 is 0 Å². The Labute approximate surface area is 133 Å². The molecule has 0 atom stereocenters. The molecule has 0 saturated carbocycles. The second-order valence-corrected chi connectivity index (χ2v) is 6.91. The molecule has 0 unspecified atom stereocenters. The predicted molar refractivity (Wildman–Crippen MR) is 91.2 cm³/mol. The van der Waals surface area contributed by atoms with Gasteiger partial charge in [0, 0.05) is 9.50 Å². The highest BCUT2D eigenvalue weighted by Crippen LogP contribution is 2.34. The number of halogens is 2. The molecule has 0 amide bonds. The van der Waals surface area contributed by atoms with E-state index in [1.54, 1.807) is 11.3 Å². The molecule has 20 heavy (non-hydrogen) atoms. The molecule has 3 aromatic rings. The maximum atomic E-state index is 6.10. The Bertz CT molecular complexity index is 800. The SMILES string of the molecule is Cc1nc2cc(Nc3cc(Cl)ccc3Br)c(N)cc2s1. The number of aromatic nitrogens is 1. The number of aryl methyl sites for hydroxylation is 1. The van der Waals surface area contributed by atoms with Crippen molar-refractivity contribution in [2.75, 3.05) is 11.1 Å². The summed E-state index contributed by atoms with van der Waals surface area (Å²) in [5.74, 6) is 0. The number of nitrogens with zero attached hydrogens (tertiary/aromatic N) is 1. The van der Waals surface area contributed by atoms with E-state index in [1.807, 2.05) is 37.3 Å². The normalized spacial score (nSPS) is 10.9. The first-order valence-electron chi connectivity index (χ1n) is 5.91. The van der Waals surface area contributed by atoms with Gasteiger partial charge in [-0.1, -0.05) is 11.6 Å². The number of hydrogen-bond acceptors (Lipinski definition) is 4. The summed E-state index contributed by atoms with van der Waals surface area (Å²) in [6.45, 7) is 1.99. The summed E-state index contributed by atoms with van der Waals surface area (Å²) in [5, 5.41) is 4.99. The van der Waals surface area contributed by atoms with Gasteiger partial charge in [0.2, 0.25) is 0 Å². The van der Waals surface area contributed by atoms with Gasteiger partial charge >= 0.3 is 0 Å². The zero-order chi connectivity index (χ0) is 14.3. The number of hydrogen-bond donors (Lipinski definition) is 2. The van der Waals surface area contributed by atoms with E-state index in [-0.39, 0.29) is 0 Å². The largest absolute Gasteiger partial charge is 0.397 e. The molecule has 0 bridgehead atoms. The number of thiazole rings is 1. The fourth-order valence-corrected chi connectivity index (χ4v) is 3.33. The fourth-order valence-electron chi connectivity index (χ4n) is 1.95. The summed E-state index contributed by atoms with van der Waals surface area (Å²) in [5.41, 5.74) is 9.43. The Balaban J connectivity index is 2.05. The van der Waals surface area contributed by atoms with E-state index >= 15 is 0 Å². The molecule has 1 aromatic heterocycles. The number of nitrogens with one attached hydrogen (secondary N) is 1. The van der Waals surface area contributed by atoms with Crippen molar-refractivity contribution in [2.24, 2.45) is 0 Å². The second-order valence-electron chi connectivity index (χ2n) is 4.39. The molecule has 3 nitrogen and oxygen atoms in total. The summed E-state index contributed by atoms with van der Waals surface area (Å²) in [4.78, 5) is 4.48. The smallest absolute Gasteiger partial charge is 0.0907 e. The summed E-state index contributed by atoms with van der Waals surface area (Å²) >= 11 is 11.1. The fraction of sp³-hybridized carbons (Fsp3) is 0.0714. The lowest BCUT2D eigenvalue weighted by Crippen LogP contribution is -1.97. The quantitative estimate of drug-likeness (QED) is 0.600. The molecular weight excluding hydrogens is 358 g/mol. The van der Waals surface area contributed by atoms with Gasteiger partial charge in [0.1, 0.15) is 0 Å².